The van der Waals surface area contributed by atoms with Gasteiger partial charge in [-0.25, -0.2) is 19.0 Å². The SMILES string of the molecule is NC(=O)COC(=O)c1ccc2c(n1)c(-c1cccc(F)c1)nn2C(N)=O. The number of hydrogen-bond acceptors (Lipinski definition) is 6. The molecule has 0 saturated heterocycles. The molecule has 9 nitrogen and oxygen atoms in total. The first kappa shape index (κ1) is 17.0. The van der Waals surface area contributed by atoms with Crippen LogP contribution in [0.1, 0.15) is 10.5 Å². The minimum absolute atomic E-state index is 0.138. The van der Waals surface area contributed by atoms with Crippen LogP contribution in [0, 0.1) is 5.82 Å². The Morgan fingerprint density at radius 2 is 1.92 bits per heavy atom. The van der Waals surface area contributed by atoms with Crippen LogP contribution in [-0.2, 0) is 9.53 Å². The van der Waals surface area contributed by atoms with Gasteiger partial charge in [0.05, 0.1) is 5.52 Å². The Kier molecular flexibility index (Phi) is 4.31. The van der Waals surface area contributed by atoms with Crippen molar-refractivity contribution in [3.8, 4) is 11.3 Å². The molecule has 0 radical (unpaired) electrons. The molecule has 132 valence electrons. The normalized spacial score (nSPS) is 10.7. The quantitative estimate of drug-likeness (QED) is 0.661. The van der Waals surface area contributed by atoms with Crippen molar-refractivity contribution in [1.82, 2.24) is 14.8 Å². The molecule has 2 heterocycles. The van der Waals surface area contributed by atoms with Gasteiger partial charge in [-0.05, 0) is 24.3 Å². The van der Waals surface area contributed by atoms with Gasteiger partial charge in [0.15, 0.2) is 6.61 Å². The molecule has 0 aliphatic carbocycles. The van der Waals surface area contributed by atoms with Crippen LogP contribution in [0.2, 0.25) is 0 Å². The summed E-state index contributed by atoms with van der Waals surface area (Å²) in [5.74, 6) is -2.22. The summed E-state index contributed by atoms with van der Waals surface area (Å²) in [4.78, 5) is 38.4. The molecule has 0 aliphatic rings. The maximum atomic E-state index is 13.5. The van der Waals surface area contributed by atoms with Gasteiger partial charge in [0, 0.05) is 5.56 Å². The Hall–Kier alpha value is -3.82. The van der Waals surface area contributed by atoms with E-state index in [0.29, 0.717) is 5.56 Å². The molecule has 4 N–H and O–H groups in total. The van der Waals surface area contributed by atoms with Gasteiger partial charge in [-0.15, -0.1) is 0 Å². The van der Waals surface area contributed by atoms with E-state index in [1.807, 2.05) is 0 Å². The first-order valence-electron chi connectivity index (χ1n) is 7.28. The Morgan fingerprint density at radius 3 is 2.58 bits per heavy atom. The maximum absolute atomic E-state index is 13.5. The summed E-state index contributed by atoms with van der Waals surface area (Å²) in [7, 11) is 0. The van der Waals surface area contributed by atoms with Crippen molar-refractivity contribution in [3.05, 3.63) is 47.9 Å². The molecule has 1 aromatic carbocycles. The Labute approximate surface area is 145 Å². The molecule has 10 heteroatoms. The Bertz CT molecular complexity index is 1050. The molecule has 0 saturated carbocycles. The van der Waals surface area contributed by atoms with Crippen LogP contribution in [-0.4, -0.2) is 39.3 Å². The minimum atomic E-state index is -0.886. The zero-order valence-corrected chi connectivity index (χ0v) is 13.2. The van der Waals surface area contributed by atoms with E-state index in [4.69, 9.17) is 16.2 Å². The van der Waals surface area contributed by atoms with E-state index in [0.717, 1.165) is 4.68 Å². The number of fused-ring (bicyclic) bond motifs is 1. The van der Waals surface area contributed by atoms with E-state index < -0.39 is 30.3 Å². The first-order chi connectivity index (χ1) is 12.4. The fourth-order valence-corrected chi connectivity index (χ4v) is 2.32. The average molecular weight is 357 g/mol. The number of ether oxygens (including phenoxy) is 1. The molecule has 0 fully saturated rings. The van der Waals surface area contributed by atoms with Gasteiger partial charge >= 0.3 is 12.0 Å². The molecular formula is C16H12FN5O4. The van der Waals surface area contributed by atoms with E-state index in [2.05, 4.69) is 10.1 Å². The number of pyridine rings is 1. The van der Waals surface area contributed by atoms with Gasteiger partial charge < -0.3 is 16.2 Å². The van der Waals surface area contributed by atoms with Gasteiger partial charge in [-0.2, -0.15) is 9.78 Å². The maximum Gasteiger partial charge on any atom is 0.357 e. The Morgan fingerprint density at radius 1 is 1.15 bits per heavy atom. The standard InChI is InChI=1S/C16H12FN5O4/c17-9-3-1-2-8(6-9)13-14-11(22(21-13)16(19)25)5-4-10(20-14)15(24)26-7-12(18)23/h1-6H,7H2,(H2,18,23)(H2,19,25). The number of hydrogen-bond donors (Lipinski definition) is 2. The highest BCUT2D eigenvalue weighted by atomic mass is 19.1. The number of nitrogens with zero attached hydrogens (tertiary/aromatic N) is 3. The predicted octanol–water partition coefficient (Wildman–Crippen LogP) is 0.806. The van der Waals surface area contributed by atoms with Crippen LogP contribution in [0.15, 0.2) is 36.4 Å². The van der Waals surface area contributed by atoms with E-state index in [1.54, 1.807) is 6.07 Å². The number of carbonyl (C=O) groups is 3. The van der Waals surface area contributed by atoms with Crippen LogP contribution >= 0.6 is 0 Å². The zero-order chi connectivity index (χ0) is 18.8. The van der Waals surface area contributed by atoms with Crippen molar-refractivity contribution >= 4 is 28.9 Å². The second-order valence-electron chi connectivity index (χ2n) is 5.22. The molecule has 2 amide bonds. The third-order valence-electron chi connectivity index (χ3n) is 3.39. The van der Waals surface area contributed by atoms with Crippen molar-refractivity contribution in [2.24, 2.45) is 11.5 Å². The van der Waals surface area contributed by atoms with E-state index in [9.17, 15) is 18.8 Å². The number of rotatable bonds is 4. The summed E-state index contributed by atoms with van der Waals surface area (Å²) in [6.45, 7) is -0.601. The molecule has 0 unspecified atom stereocenters. The van der Waals surface area contributed by atoms with Crippen molar-refractivity contribution in [1.29, 1.82) is 0 Å². The van der Waals surface area contributed by atoms with Gasteiger partial charge in [0.25, 0.3) is 5.91 Å². The van der Waals surface area contributed by atoms with E-state index in [-0.39, 0.29) is 22.4 Å². The third kappa shape index (κ3) is 3.20. The molecule has 0 bridgehead atoms. The topological polar surface area (TPSA) is 143 Å². The largest absolute Gasteiger partial charge is 0.451 e. The third-order valence-corrected chi connectivity index (χ3v) is 3.39. The van der Waals surface area contributed by atoms with Crippen LogP contribution in [0.5, 0.6) is 0 Å². The van der Waals surface area contributed by atoms with Crippen LogP contribution < -0.4 is 11.5 Å². The fraction of sp³-hybridized carbons (Fsp3) is 0.0625. The highest BCUT2D eigenvalue weighted by Crippen LogP contribution is 2.27. The van der Waals surface area contributed by atoms with Gasteiger partial charge in [-0.3, -0.25) is 4.79 Å². The molecule has 0 spiro atoms. The van der Waals surface area contributed by atoms with Gasteiger partial charge in [0.1, 0.15) is 22.7 Å². The number of carbonyl (C=O) groups excluding carboxylic acids is 3. The van der Waals surface area contributed by atoms with Crippen molar-refractivity contribution in [3.63, 3.8) is 0 Å². The first-order valence-corrected chi connectivity index (χ1v) is 7.28. The summed E-state index contributed by atoms with van der Waals surface area (Å²) in [5, 5.41) is 4.06. The highest BCUT2D eigenvalue weighted by molar-refractivity contribution is 5.98. The number of esters is 1. The predicted molar refractivity (Wildman–Crippen MR) is 87.4 cm³/mol. The molecule has 0 aliphatic heterocycles. The van der Waals surface area contributed by atoms with Crippen LogP contribution in [0.3, 0.4) is 0 Å². The smallest absolute Gasteiger partial charge is 0.357 e. The molecule has 3 aromatic rings. The van der Waals surface area contributed by atoms with E-state index >= 15 is 0 Å². The van der Waals surface area contributed by atoms with Gasteiger partial charge in [-0.1, -0.05) is 12.1 Å². The number of aromatic nitrogens is 3. The van der Waals surface area contributed by atoms with Crippen LogP contribution in [0.4, 0.5) is 9.18 Å². The molecule has 2 aromatic heterocycles. The molecular weight excluding hydrogens is 345 g/mol. The van der Waals surface area contributed by atoms with Crippen molar-refractivity contribution < 1.29 is 23.5 Å². The molecule has 3 rings (SSSR count). The number of nitrogens with two attached hydrogens (primary N) is 2. The number of primary amides is 2. The zero-order valence-electron chi connectivity index (χ0n) is 13.2. The lowest BCUT2D eigenvalue weighted by Crippen LogP contribution is -2.21. The second-order valence-corrected chi connectivity index (χ2v) is 5.22. The van der Waals surface area contributed by atoms with Gasteiger partial charge in [0.2, 0.25) is 0 Å². The fourth-order valence-electron chi connectivity index (χ4n) is 2.32. The Balaban J connectivity index is 2.14. The second kappa shape index (κ2) is 6.59. The lowest BCUT2D eigenvalue weighted by Gasteiger charge is -2.03. The highest BCUT2D eigenvalue weighted by Gasteiger charge is 2.20. The summed E-state index contributed by atoms with van der Waals surface area (Å²) in [6, 6.07) is 7.28. The molecule has 26 heavy (non-hydrogen) atoms. The lowest BCUT2D eigenvalue weighted by atomic mass is 10.1. The summed E-state index contributed by atoms with van der Waals surface area (Å²) in [5.41, 5.74) is 10.9. The monoisotopic (exact) mass is 357 g/mol. The van der Waals surface area contributed by atoms with Crippen molar-refractivity contribution in [2.75, 3.05) is 6.61 Å². The summed E-state index contributed by atoms with van der Waals surface area (Å²) in [6.07, 6.45) is 0. The average Bonchev–Trinajstić information content (AvgIpc) is 2.98. The summed E-state index contributed by atoms with van der Waals surface area (Å²) >= 11 is 0. The summed E-state index contributed by atoms with van der Waals surface area (Å²) < 4.78 is 19.1. The van der Waals surface area contributed by atoms with Crippen LogP contribution in [0.25, 0.3) is 22.3 Å². The number of amides is 2. The number of benzene rings is 1. The van der Waals surface area contributed by atoms with E-state index in [1.165, 1.54) is 30.3 Å². The van der Waals surface area contributed by atoms with Crippen molar-refractivity contribution in [2.45, 2.75) is 0 Å². The number of halogens is 1. The lowest BCUT2D eigenvalue weighted by molar-refractivity contribution is -0.121. The molecule has 0 atom stereocenters. The minimum Gasteiger partial charge on any atom is -0.451 e.